The van der Waals surface area contributed by atoms with Gasteiger partial charge < -0.3 is 19.6 Å². The van der Waals surface area contributed by atoms with Gasteiger partial charge in [-0.1, -0.05) is 44.2 Å². The van der Waals surface area contributed by atoms with Crippen molar-refractivity contribution in [3.63, 3.8) is 0 Å². The van der Waals surface area contributed by atoms with Crippen molar-refractivity contribution in [1.29, 1.82) is 0 Å². The monoisotopic (exact) mass is 325 g/mol. The minimum absolute atomic E-state index is 0.247. The molecular formula is C20H23NO3. The summed E-state index contributed by atoms with van der Waals surface area (Å²) in [6.07, 6.45) is -0.542. The fourth-order valence-corrected chi connectivity index (χ4v) is 2.47. The molecule has 24 heavy (non-hydrogen) atoms. The third-order valence-electron chi connectivity index (χ3n) is 3.75. The van der Waals surface area contributed by atoms with Gasteiger partial charge in [-0.25, -0.2) is 0 Å². The summed E-state index contributed by atoms with van der Waals surface area (Å²) in [4.78, 5) is 0. The van der Waals surface area contributed by atoms with Gasteiger partial charge in [0, 0.05) is 29.6 Å². The van der Waals surface area contributed by atoms with Crippen LogP contribution in [0.2, 0.25) is 0 Å². The highest BCUT2D eigenvalue weighted by Crippen LogP contribution is 2.30. The predicted molar refractivity (Wildman–Crippen MR) is 96.3 cm³/mol. The Bertz CT molecular complexity index is 780. The molecule has 3 rings (SSSR count). The first-order chi connectivity index (χ1) is 11.6. The summed E-state index contributed by atoms with van der Waals surface area (Å²) in [5, 5.41) is 14.1. The molecule has 0 aliphatic rings. The van der Waals surface area contributed by atoms with E-state index in [0.29, 0.717) is 18.3 Å². The highest BCUT2D eigenvalue weighted by Gasteiger charge is 2.09. The van der Waals surface area contributed by atoms with E-state index in [4.69, 9.17) is 9.15 Å². The molecule has 0 bridgehead atoms. The molecule has 0 aliphatic carbocycles. The van der Waals surface area contributed by atoms with Crippen molar-refractivity contribution in [1.82, 2.24) is 5.32 Å². The van der Waals surface area contributed by atoms with Crippen LogP contribution in [-0.4, -0.2) is 30.4 Å². The zero-order chi connectivity index (χ0) is 16.9. The number of nitrogens with one attached hydrogen (secondary N) is 1. The molecule has 126 valence electrons. The molecule has 1 aromatic heterocycles. The lowest BCUT2D eigenvalue weighted by atomic mass is 10.1. The van der Waals surface area contributed by atoms with Gasteiger partial charge in [-0.2, -0.15) is 0 Å². The van der Waals surface area contributed by atoms with E-state index >= 15 is 0 Å². The van der Waals surface area contributed by atoms with Crippen molar-refractivity contribution in [2.45, 2.75) is 26.0 Å². The molecule has 0 radical (unpaired) electrons. The van der Waals surface area contributed by atoms with Crippen LogP contribution in [0, 0.1) is 0 Å². The maximum absolute atomic E-state index is 9.91. The van der Waals surface area contributed by atoms with Crippen LogP contribution in [0.25, 0.3) is 22.3 Å². The van der Waals surface area contributed by atoms with Crippen LogP contribution in [0.3, 0.4) is 0 Å². The number of ether oxygens (including phenoxy) is 1. The van der Waals surface area contributed by atoms with Crippen LogP contribution >= 0.6 is 0 Å². The average Bonchev–Trinajstić information content (AvgIpc) is 3.02. The fraction of sp³-hybridized carbons (Fsp3) is 0.300. The maximum Gasteiger partial charge on any atom is 0.138 e. The second-order valence-electron chi connectivity index (χ2n) is 6.20. The lowest BCUT2D eigenvalue weighted by Crippen LogP contribution is -2.35. The van der Waals surface area contributed by atoms with Crippen molar-refractivity contribution >= 4 is 11.0 Å². The summed E-state index contributed by atoms with van der Waals surface area (Å²) in [5.74, 6) is 1.53. The van der Waals surface area contributed by atoms with Crippen LogP contribution in [0.4, 0.5) is 0 Å². The van der Waals surface area contributed by atoms with Crippen LogP contribution in [0.1, 0.15) is 13.8 Å². The summed E-state index contributed by atoms with van der Waals surface area (Å²) >= 11 is 0. The number of rotatable bonds is 7. The van der Waals surface area contributed by atoms with Gasteiger partial charge in [0.1, 0.15) is 29.8 Å². The Morgan fingerprint density at radius 3 is 2.62 bits per heavy atom. The van der Waals surface area contributed by atoms with Crippen molar-refractivity contribution < 1.29 is 14.3 Å². The van der Waals surface area contributed by atoms with Gasteiger partial charge in [0.2, 0.25) is 0 Å². The van der Waals surface area contributed by atoms with Crippen LogP contribution in [-0.2, 0) is 0 Å². The van der Waals surface area contributed by atoms with Crippen molar-refractivity contribution in [3.8, 4) is 17.1 Å². The van der Waals surface area contributed by atoms with E-state index < -0.39 is 6.10 Å². The Morgan fingerprint density at radius 2 is 1.88 bits per heavy atom. The summed E-state index contributed by atoms with van der Waals surface area (Å²) in [7, 11) is 0. The molecule has 0 fully saturated rings. The first-order valence-electron chi connectivity index (χ1n) is 8.25. The first kappa shape index (κ1) is 16.6. The van der Waals surface area contributed by atoms with E-state index in [0.717, 1.165) is 22.3 Å². The molecule has 0 spiro atoms. The maximum atomic E-state index is 9.91. The standard InChI is InChI=1S/C20H23NO3/c1-14(2)21-12-17(22)13-23-18-9-8-16-10-19(24-20(16)11-18)15-6-4-3-5-7-15/h3-11,14,17,21-22H,12-13H2,1-2H3. The normalized spacial score (nSPS) is 12.7. The predicted octanol–water partition coefficient (Wildman–Crippen LogP) is 3.84. The number of aliphatic hydroxyl groups excluding tert-OH is 1. The van der Waals surface area contributed by atoms with Gasteiger partial charge in [-0.3, -0.25) is 0 Å². The van der Waals surface area contributed by atoms with Crippen molar-refractivity contribution in [3.05, 3.63) is 54.6 Å². The number of hydrogen-bond donors (Lipinski definition) is 2. The SMILES string of the molecule is CC(C)NCC(O)COc1ccc2cc(-c3ccccc3)oc2c1. The molecule has 0 saturated heterocycles. The van der Waals surface area contributed by atoms with Crippen LogP contribution in [0.15, 0.2) is 59.0 Å². The molecule has 2 aromatic carbocycles. The number of fused-ring (bicyclic) bond motifs is 1. The minimum atomic E-state index is -0.542. The Labute approximate surface area is 142 Å². The van der Waals surface area contributed by atoms with E-state index in [-0.39, 0.29) is 6.61 Å². The number of benzene rings is 2. The van der Waals surface area contributed by atoms with Crippen LogP contribution < -0.4 is 10.1 Å². The number of hydrogen-bond acceptors (Lipinski definition) is 4. The molecular weight excluding hydrogens is 302 g/mol. The van der Waals surface area contributed by atoms with E-state index in [1.54, 1.807) is 0 Å². The van der Waals surface area contributed by atoms with Gasteiger partial charge in [-0.05, 0) is 18.2 Å². The average molecular weight is 325 g/mol. The third-order valence-corrected chi connectivity index (χ3v) is 3.75. The molecule has 4 nitrogen and oxygen atoms in total. The molecule has 4 heteroatoms. The van der Waals surface area contributed by atoms with Gasteiger partial charge in [0.25, 0.3) is 0 Å². The lowest BCUT2D eigenvalue weighted by Gasteiger charge is -2.14. The molecule has 1 unspecified atom stereocenters. The topological polar surface area (TPSA) is 54.6 Å². The summed E-state index contributed by atoms with van der Waals surface area (Å²) in [6, 6.07) is 18.1. The summed E-state index contributed by atoms with van der Waals surface area (Å²) < 4.78 is 11.6. The van der Waals surface area contributed by atoms with Gasteiger partial charge in [0.15, 0.2) is 0 Å². The van der Waals surface area contributed by atoms with E-state index in [2.05, 4.69) is 5.32 Å². The molecule has 1 atom stereocenters. The fourth-order valence-electron chi connectivity index (χ4n) is 2.47. The van der Waals surface area contributed by atoms with Crippen molar-refractivity contribution in [2.24, 2.45) is 0 Å². The third kappa shape index (κ3) is 4.16. The molecule has 0 amide bonds. The minimum Gasteiger partial charge on any atom is -0.491 e. The molecule has 3 aromatic rings. The Morgan fingerprint density at radius 1 is 1.08 bits per heavy atom. The Hall–Kier alpha value is -2.30. The largest absolute Gasteiger partial charge is 0.491 e. The zero-order valence-corrected chi connectivity index (χ0v) is 14.0. The highest BCUT2D eigenvalue weighted by molar-refractivity contribution is 5.83. The number of aliphatic hydroxyl groups is 1. The van der Waals surface area contributed by atoms with Gasteiger partial charge in [-0.15, -0.1) is 0 Å². The molecule has 0 saturated carbocycles. The molecule has 0 aliphatic heterocycles. The van der Waals surface area contributed by atoms with E-state index in [1.807, 2.05) is 68.4 Å². The second kappa shape index (κ2) is 7.51. The van der Waals surface area contributed by atoms with E-state index in [1.165, 1.54) is 0 Å². The van der Waals surface area contributed by atoms with Gasteiger partial charge >= 0.3 is 0 Å². The molecule has 2 N–H and O–H groups in total. The lowest BCUT2D eigenvalue weighted by molar-refractivity contribution is 0.104. The highest BCUT2D eigenvalue weighted by atomic mass is 16.5. The van der Waals surface area contributed by atoms with Crippen LogP contribution in [0.5, 0.6) is 5.75 Å². The quantitative estimate of drug-likeness (QED) is 0.693. The Balaban J connectivity index is 1.68. The first-order valence-corrected chi connectivity index (χ1v) is 8.25. The summed E-state index contributed by atoms with van der Waals surface area (Å²) in [6.45, 7) is 4.85. The van der Waals surface area contributed by atoms with Crippen molar-refractivity contribution in [2.75, 3.05) is 13.2 Å². The number of furan rings is 1. The van der Waals surface area contributed by atoms with Gasteiger partial charge in [0.05, 0.1) is 0 Å². The second-order valence-corrected chi connectivity index (χ2v) is 6.20. The smallest absolute Gasteiger partial charge is 0.138 e. The molecule has 1 heterocycles. The zero-order valence-electron chi connectivity index (χ0n) is 14.0. The summed E-state index contributed by atoms with van der Waals surface area (Å²) in [5.41, 5.74) is 1.83. The Kier molecular flexibility index (Phi) is 5.18. The van der Waals surface area contributed by atoms with E-state index in [9.17, 15) is 5.11 Å².